The standard InChI is InChI=1S/C11H15BrN2O2/c1-7(6-15)5-14-11(16)9-4-8(13)2-3-10(9)12/h2-4,7,15H,5-6,13H2,1H3,(H,14,16). The van der Waals surface area contributed by atoms with E-state index in [-0.39, 0.29) is 18.4 Å². The summed E-state index contributed by atoms with van der Waals surface area (Å²) in [4.78, 5) is 11.8. The second-order valence-electron chi connectivity index (χ2n) is 3.74. The number of halogens is 1. The summed E-state index contributed by atoms with van der Waals surface area (Å²) < 4.78 is 0.704. The van der Waals surface area contributed by atoms with Gasteiger partial charge in [-0.1, -0.05) is 6.92 Å². The first-order valence-electron chi connectivity index (χ1n) is 4.98. The van der Waals surface area contributed by atoms with Crippen LogP contribution in [0.15, 0.2) is 22.7 Å². The Kier molecular flexibility index (Phi) is 4.76. The third-order valence-electron chi connectivity index (χ3n) is 2.16. The fourth-order valence-electron chi connectivity index (χ4n) is 1.14. The molecule has 0 radical (unpaired) electrons. The molecule has 0 aliphatic carbocycles. The molecule has 1 aromatic rings. The van der Waals surface area contributed by atoms with Gasteiger partial charge in [0.25, 0.3) is 5.91 Å². The van der Waals surface area contributed by atoms with Gasteiger partial charge in [0, 0.05) is 23.3 Å². The minimum atomic E-state index is -0.195. The molecule has 0 saturated carbocycles. The molecule has 0 aromatic heterocycles. The summed E-state index contributed by atoms with van der Waals surface area (Å²) >= 11 is 3.29. The van der Waals surface area contributed by atoms with E-state index >= 15 is 0 Å². The second kappa shape index (κ2) is 5.86. The molecule has 4 N–H and O–H groups in total. The van der Waals surface area contributed by atoms with Gasteiger partial charge in [-0.15, -0.1) is 0 Å². The van der Waals surface area contributed by atoms with Crippen molar-refractivity contribution in [2.24, 2.45) is 5.92 Å². The zero-order chi connectivity index (χ0) is 12.1. The maximum absolute atomic E-state index is 11.8. The van der Waals surface area contributed by atoms with Crippen molar-refractivity contribution in [2.75, 3.05) is 18.9 Å². The number of aliphatic hydroxyl groups excluding tert-OH is 1. The molecule has 1 atom stereocenters. The van der Waals surface area contributed by atoms with Gasteiger partial charge < -0.3 is 16.2 Å². The molecule has 0 fully saturated rings. The van der Waals surface area contributed by atoms with Gasteiger partial charge in [-0.2, -0.15) is 0 Å². The third-order valence-corrected chi connectivity index (χ3v) is 2.85. The number of hydrogen-bond acceptors (Lipinski definition) is 3. The van der Waals surface area contributed by atoms with Crippen LogP contribution in [0.2, 0.25) is 0 Å². The van der Waals surface area contributed by atoms with E-state index < -0.39 is 0 Å². The highest BCUT2D eigenvalue weighted by molar-refractivity contribution is 9.10. The fraction of sp³-hybridized carbons (Fsp3) is 0.364. The Morgan fingerprint density at radius 3 is 2.94 bits per heavy atom. The molecular formula is C11H15BrN2O2. The number of carbonyl (C=O) groups excluding carboxylic acids is 1. The lowest BCUT2D eigenvalue weighted by atomic mass is 10.1. The number of amides is 1. The van der Waals surface area contributed by atoms with Crippen LogP contribution in [-0.4, -0.2) is 24.2 Å². The Balaban J connectivity index is 2.69. The first-order valence-corrected chi connectivity index (χ1v) is 5.78. The Labute approximate surface area is 103 Å². The van der Waals surface area contributed by atoms with Crippen molar-refractivity contribution in [1.82, 2.24) is 5.32 Å². The molecule has 88 valence electrons. The number of aliphatic hydroxyl groups is 1. The van der Waals surface area contributed by atoms with Crippen LogP contribution in [0.5, 0.6) is 0 Å². The fourth-order valence-corrected chi connectivity index (χ4v) is 1.57. The largest absolute Gasteiger partial charge is 0.399 e. The summed E-state index contributed by atoms with van der Waals surface area (Å²) in [5, 5.41) is 11.6. The van der Waals surface area contributed by atoms with Crippen molar-refractivity contribution in [3.05, 3.63) is 28.2 Å². The Morgan fingerprint density at radius 2 is 2.31 bits per heavy atom. The normalized spacial score (nSPS) is 12.2. The summed E-state index contributed by atoms with van der Waals surface area (Å²) in [5.41, 5.74) is 6.66. The average molecular weight is 287 g/mol. The summed E-state index contributed by atoms with van der Waals surface area (Å²) in [7, 11) is 0. The number of benzene rings is 1. The van der Waals surface area contributed by atoms with Gasteiger partial charge in [-0.05, 0) is 40.0 Å². The van der Waals surface area contributed by atoms with Crippen LogP contribution in [0.4, 0.5) is 5.69 Å². The van der Waals surface area contributed by atoms with Crippen molar-refractivity contribution in [2.45, 2.75) is 6.92 Å². The zero-order valence-electron chi connectivity index (χ0n) is 9.03. The molecule has 0 aliphatic rings. The first-order chi connectivity index (χ1) is 7.54. The summed E-state index contributed by atoms with van der Waals surface area (Å²) in [5.74, 6) is -0.150. The summed E-state index contributed by atoms with van der Waals surface area (Å²) in [6, 6.07) is 5.07. The lowest BCUT2D eigenvalue weighted by molar-refractivity contribution is 0.0941. The highest BCUT2D eigenvalue weighted by Crippen LogP contribution is 2.19. The number of carbonyl (C=O) groups is 1. The summed E-state index contributed by atoms with van der Waals surface area (Å²) in [6.07, 6.45) is 0. The van der Waals surface area contributed by atoms with Crippen molar-refractivity contribution >= 4 is 27.5 Å². The first kappa shape index (κ1) is 13.0. The van der Waals surface area contributed by atoms with Gasteiger partial charge in [-0.3, -0.25) is 4.79 Å². The van der Waals surface area contributed by atoms with E-state index in [9.17, 15) is 4.79 Å². The molecule has 1 amide bonds. The average Bonchev–Trinajstić information content (AvgIpc) is 2.28. The molecule has 0 bridgehead atoms. The minimum Gasteiger partial charge on any atom is -0.399 e. The molecule has 0 saturated heterocycles. The molecule has 1 unspecified atom stereocenters. The van der Waals surface area contributed by atoms with Crippen molar-refractivity contribution in [3.63, 3.8) is 0 Å². The van der Waals surface area contributed by atoms with Crippen molar-refractivity contribution < 1.29 is 9.90 Å². The van der Waals surface area contributed by atoms with Crippen molar-refractivity contribution in [1.29, 1.82) is 0 Å². The lowest BCUT2D eigenvalue weighted by Gasteiger charge is -2.10. The SMILES string of the molecule is CC(CO)CNC(=O)c1cc(N)ccc1Br. The maximum atomic E-state index is 11.8. The Morgan fingerprint density at radius 1 is 1.62 bits per heavy atom. The van der Waals surface area contributed by atoms with Gasteiger partial charge in [-0.25, -0.2) is 0 Å². The monoisotopic (exact) mass is 286 g/mol. The van der Waals surface area contributed by atoms with Gasteiger partial charge in [0.1, 0.15) is 0 Å². The minimum absolute atomic E-state index is 0.0452. The predicted molar refractivity (Wildman–Crippen MR) is 67.1 cm³/mol. The Bertz CT molecular complexity index is 382. The van der Waals surface area contributed by atoms with Crippen LogP contribution in [-0.2, 0) is 0 Å². The Hall–Kier alpha value is -1.07. The molecule has 4 nitrogen and oxygen atoms in total. The molecule has 1 aromatic carbocycles. The van der Waals surface area contributed by atoms with Crippen LogP contribution in [0.3, 0.4) is 0 Å². The number of rotatable bonds is 4. The second-order valence-corrected chi connectivity index (χ2v) is 4.59. The predicted octanol–water partition coefficient (Wildman–Crippen LogP) is 1.39. The zero-order valence-corrected chi connectivity index (χ0v) is 10.6. The molecule has 1 rings (SSSR count). The summed E-state index contributed by atoms with van der Waals surface area (Å²) in [6.45, 7) is 2.35. The molecule has 16 heavy (non-hydrogen) atoms. The van der Waals surface area contributed by atoms with E-state index in [4.69, 9.17) is 10.8 Å². The number of nitrogens with two attached hydrogens (primary N) is 1. The van der Waals surface area contributed by atoms with Gasteiger partial charge in [0.15, 0.2) is 0 Å². The van der Waals surface area contributed by atoms with Crippen LogP contribution in [0, 0.1) is 5.92 Å². The molecule has 5 heteroatoms. The third kappa shape index (κ3) is 3.50. The van der Waals surface area contributed by atoms with E-state index in [2.05, 4.69) is 21.2 Å². The van der Waals surface area contributed by atoms with E-state index in [1.807, 2.05) is 6.92 Å². The highest BCUT2D eigenvalue weighted by atomic mass is 79.9. The van der Waals surface area contributed by atoms with Gasteiger partial charge >= 0.3 is 0 Å². The van der Waals surface area contributed by atoms with E-state index in [0.717, 1.165) is 0 Å². The number of hydrogen-bond donors (Lipinski definition) is 3. The number of nitrogens with one attached hydrogen (secondary N) is 1. The lowest BCUT2D eigenvalue weighted by Crippen LogP contribution is -2.29. The van der Waals surface area contributed by atoms with Crippen LogP contribution in [0.1, 0.15) is 17.3 Å². The van der Waals surface area contributed by atoms with E-state index in [1.54, 1.807) is 18.2 Å². The number of anilines is 1. The molecular weight excluding hydrogens is 272 g/mol. The van der Waals surface area contributed by atoms with Crippen LogP contribution in [0.25, 0.3) is 0 Å². The van der Waals surface area contributed by atoms with E-state index in [1.165, 1.54) is 0 Å². The number of nitrogen functional groups attached to an aromatic ring is 1. The quantitative estimate of drug-likeness (QED) is 0.732. The topological polar surface area (TPSA) is 75.3 Å². The van der Waals surface area contributed by atoms with Crippen LogP contribution < -0.4 is 11.1 Å². The molecule has 0 aliphatic heterocycles. The highest BCUT2D eigenvalue weighted by Gasteiger charge is 2.11. The smallest absolute Gasteiger partial charge is 0.252 e. The van der Waals surface area contributed by atoms with Gasteiger partial charge in [0.2, 0.25) is 0 Å². The maximum Gasteiger partial charge on any atom is 0.252 e. The van der Waals surface area contributed by atoms with Crippen molar-refractivity contribution in [3.8, 4) is 0 Å². The van der Waals surface area contributed by atoms with E-state index in [0.29, 0.717) is 22.3 Å². The molecule has 0 heterocycles. The van der Waals surface area contributed by atoms with Crippen LogP contribution >= 0.6 is 15.9 Å². The molecule has 0 spiro atoms. The van der Waals surface area contributed by atoms with Gasteiger partial charge in [0.05, 0.1) is 5.56 Å².